The minimum atomic E-state index is -3.73. The first-order valence-corrected chi connectivity index (χ1v) is 7.18. The molecule has 0 fully saturated rings. The molecule has 3 rings (SSSR count). The lowest BCUT2D eigenvalue weighted by atomic mass is 10.2. The fourth-order valence-electron chi connectivity index (χ4n) is 1.78. The number of nitrogens with zero attached hydrogens (tertiary/aromatic N) is 1. The number of anilines is 1. The van der Waals surface area contributed by atoms with E-state index >= 15 is 0 Å². The van der Waals surface area contributed by atoms with Crippen LogP contribution in [-0.2, 0) is 10.0 Å². The summed E-state index contributed by atoms with van der Waals surface area (Å²) >= 11 is 0. The number of sulfonamides is 1. The lowest BCUT2D eigenvalue weighted by molar-refractivity contribution is 0.600. The Kier molecular flexibility index (Phi) is 2.79. The molecule has 0 saturated heterocycles. The van der Waals surface area contributed by atoms with Gasteiger partial charge in [-0.3, -0.25) is 14.6 Å². The number of hydrogen-bond acceptors (Lipinski definition) is 4. The monoisotopic (exact) mass is 290 g/mol. The fourth-order valence-corrected chi connectivity index (χ4v) is 2.80. The van der Waals surface area contributed by atoms with Gasteiger partial charge in [-0.2, -0.15) is 5.10 Å². The molecular formula is C12H10N4O3S. The van der Waals surface area contributed by atoms with E-state index in [0.29, 0.717) is 5.69 Å². The largest absolute Gasteiger partial charge is 0.328 e. The second-order valence-corrected chi connectivity index (χ2v) is 5.85. The van der Waals surface area contributed by atoms with E-state index in [9.17, 15) is 13.2 Å². The molecule has 20 heavy (non-hydrogen) atoms. The number of H-pyrrole nitrogens is 2. The maximum absolute atomic E-state index is 12.1. The molecule has 2 heterocycles. The van der Waals surface area contributed by atoms with Crippen molar-refractivity contribution in [3.05, 3.63) is 53.1 Å². The highest BCUT2D eigenvalue weighted by atomic mass is 32.2. The van der Waals surface area contributed by atoms with E-state index in [1.165, 1.54) is 6.07 Å². The summed E-state index contributed by atoms with van der Waals surface area (Å²) in [6, 6.07) is 7.43. The zero-order valence-electron chi connectivity index (χ0n) is 10.1. The summed E-state index contributed by atoms with van der Waals surface area (Å²) in [4.78, 5) is 13.3. The molecule has 7 nitrogen and oxygen atoms in total. The van der Waals surface area contributed by atoms with Crippen molar-refractivity contribution in [1.82, 2.24) is 15.2 Å². The van der Waals surface area contributed by atoms with Gasteiger partial charge in [-0.05, 0) is 24.3 Å². The van der Waals surface area contributed by atoms with Crippen LogP contribution in [0, 0.1) is 0 Å². The summed E-state index contributed by atoms with van der Waals surface area (Å²) in [6.45, 7) is 0. The summed E-state index contributed by atoms with van der Waals surface area (Å²) in [5, 5.41) is 7.44. The molecule has 3 aromatic rings. The van der Waals surface area contributed by atoms with Crippen molar-refractivity contribution in [3.63, 3.8) is 0 Å². The van der Waals surface area contributed by atoms with Crippen molar-refractivity contribution in [3.8, 4) is 0 Å². The summed E-state index contributed by atoms with van der Waals surface area (Å²) in [7, 11) is -3.73. The van der Waals surface area contributed by atoms with Crippen molar-refractivity contribution in [2.24, 2.45) is 0 Å². The van der Waals surface area contributed by atoms with Crippen molar-refractivity contribution < 1.29 is 8.42 Å². The van der Waals surface area contributed by atoms with Crippen molar-refractivity contribution in [2.75, 3.05) is 4.72 Å². The number of hydrogen-bond donors (Lipinski definition) is 3. The molecule has 0 radical (unpaired) electrons. The first-order chi connectivity index (χ1) is 9.54. The Morgan fingerprint density at radius 2 is 2.00 bits per heavy atom. The predicted octanol–water partition coefficient (Wildman–Crippen LogP) is 1.05. The third-order valence-corrected chi connectivity index (χ3v) is 4.14. The van der Waals surface area contributed by atoms with Gasteiger partial charge in [-0.1, -0.05) is 0 Å². The first-order valence-electron chi connectivity index (χ1n) is 5.69. The Morgan fingerprint density at radius 3 is 2.75 bits per heavy atom. The van der Waals surface area contributed by atoms with Crippen LogP contribution in [0.4, 0.5) is 5.69 Å². The average Bonchev–Trinajstić information content (AvgIpc) is 2.86. The van der Waals surface area contributed by atoms with Gasteiger partial charge in [0.25, 0.3) is 10.0 Å². The van der Waals surface area contributed by atoms with Crippen LogP contribution in [0.2, 0.25) is 0 Å². The molecule has 0 spiro atoms. The maximum Gasteiger partial charge on any atom is 0.263 e. The maximum atomic E-state index is 12.1. The Morgan fingerprint density at radius 1 is 1.15 bits per heavy atom. The topological polar surface area (TPSA) is 108 Å². The molecule has 0 aliphatic rings. The summed E-state index contributed by atoms with van der Waals surface area (Å²) in [5.74, 6) is 0. The highest BCUT2D eigenvalue weighted by Gasteiger charge is 2.14. The molecule has 2 aromatic heterocycles. The van der Waals surface area contributed by atoms with Gasteiger partial charge in [0.1, 0.15) is 4.90 Å². The standard InChI is InChI=1S/C12H10N4O3S/c17-12-4-2-10(7-13-12)20(18,19)16-9-1-3-11-8(5-9)6-14-15-11/h1-7,16H,(H,13,17)(H,14,15). The Labute approximate surface area is 113 Å². The van der Waals surface area contributed by atoms with Gasteiger partial charge in [-0.25, -0.2) is 8.42 Å². The molecule has 0 unspecified atom stereocenters. The van der Waals surface area contributed by atoms with E-state index in [-0.39, 0.29) is 10.5 Å². The molecule has 0 amide bonds. The van der Waals surface area contributed by atoms with E-state index < -0.39 is 10.0 Å². The molecule has 0 saturated carbocycles. The minimum absolute atomic E-state index is 0.00982. The molecule has 0 aliphatic heterocycles. The van der Waals surface area contributed by atoms with Gasteiger partial charge in [0.15, 0.2) is 0 Å². The lowest BCUT2D eigenvalue weighted by Gasteiger charge is -2.07. The summed E-state index contributed by atoms with van der Waals surface area (Å²) < 4.78 is 26.7. The molecule has 102 valence electrons. The summed E-state index contributed by atoms with van der Waals surface area (Å²) in [6.07, 6.45) is 2.76. The third kappa shape index (κ3) is 2.28. The molecular weight excluding hydrogens is 280 g/mol. The van der Waals surface area contributed by atoms with Gasteiger partial charge < -0.3 is 4.98 Å². The van der Waals surface area contributed by atoms with Gasteiger partial charge in [-0.15, -0.1) is 0 Å². The number of rotatable bonds is 3. The normalized spacial score (nSPS) is 11.6. The van der Waals surface area contributed by atoms with Gasteiger partial charge >= 0.3 is 0 Å². The van der Waals surface area contributed by atoms with E-state index in [2.05, 4.69) is 19.9 Å². The zero-order valence-corrected chi connectivity index (χ0v) is 10.9. The highest BCUT2D eigenvalue weighted by Crippen LogP contribution is 2.19. The van der Waals surface area contributed by atoms with E-state index in [1.807, 2.05) is 0 Å². The van der Waals surface area contributed by atoms with Gasteiger partial charge in [0, 0.05) is 23.3 Å². The quantitative estimate of drug-likeness (QED) is 0.670. The van der Waals surface area contributed by atoms with Crippen molar-refractivity contribution >= 4 is 26.6 Å². The van der Waals surface area contributed by atoms with Crippen LogP contribution in [0.3, 0.4) is 0 Å². The number of pyridine rings is 1. The van der Waals surface area contributed by atoms with Crippen LogP contribution < -0.4 is 10.3 Å². The lowest BCUT2D eigenvalue weighted by Crippen LogP contribution is -2.15. The third-order valence-electron chi connectivity index (χ3n) is 2.76. The van der Waals surface area contributed by atoms with Gasteiger partial charge in [0.05, 0.1) is 11.7 Å². The van der Waals surface area contributed by atoms with Crippen molar-refractivity contribution in [2.45, 2.75) is 4.90 Å². The minimum Gasteiger partial charge on any atom is -0.328 e. The Hall–Kier alpha value is -2.61. The van der Waals surface area contributed by atoms with Crippen LogP contribution in [0.1, 0.15) is 0 Å². The molecule has 0 atom stereocenters. The van der Waals surface area contributed by atoms with E-state index in [4.69, 9.17) is 0 Å². The Balaban J connectivity index is 1.96. The number of nitrogens with one attached hydrogen (secondary N) is 3. The first kappa shape index (κ1) is 12.4. The zero-order chi connectivity index (χ0) is 14.2. The fraction of sp³-hybridized carbons (Fsp3) is 0. The van der Waals surface area contributed by atoms with Crippen LogP contribution in [0.5, 0.6) is 0 Å². The molecule has 8 heteroatoms. The molecule has 0 bridgehead atoms. The highest BCUT2D eigenvalue weighted by molar-refractivity contribution is 7.92. The van der Waals surface area contributed by atoms with Gasteiger partial charge in [0.2, 0.25) is 5.56 Å². The molecule has 3 N–H and O–H groups in total. The van der Waals surface area contributed by atoms with Crippen LogP contribution in [0.15, 0.2) is 52.4 Å². The molecule has 1 aromatic carbocycles. The second-order valence-electron chi connectivity index (χ2n) is 4.17. The van der Waals surface area contributed by atoms with Crippen molar-refractivity contribution in [1.29, 1.82) is 0 Å². The average molecular weight is 290 g/mol. The number of aromatic nitrogens is 3. The van der Waals surface area contributed by atoms with E-state index in [1.54, 1.807) is 24.4 Å². The van der Waals surface area contributed by atoms with Crippen LogP contribution in [0.25, 0.3) is 10.9 Å². The summed E-state index contributed by atoms with van der Waals surface area (Å²) in [5.41, 5.74) is 0.880. The van der Waals surface area contributed by atoms with Crippen LogP contribution >= 0.6 is 0 Å². The van der Waals surface area contributed by atoms with E-state index in [0.717, 1.165) is 23.2 Å². The molecule has 0 aliphatic carbocycles. The number of fused-ring (bicyclic) bond motifs is 1. The number of benzene rings is 1. The predicted molar refractivity (Wildman–Crippen MR) is 74.0 cm³/mol. The second kappa shape index (κ2) is 4.49. The SMILES string of the molecule is O=c1ccc(S(=O)(=O)Nc2ccc3[nH]ncc3c2)c[nH]1. The smallest absolute Gasteiger partial charge is 0.263 e. The Bertz CT molecular complexity index is 907. The van der Waals surface area contributed by atoms with Crippen LogP contribution in [-0.4, -0.2) is 23.6 Å². The number of aromatic amines is 2.